The summed E-state index contributed by atoms with van der Waals surface area (Å²) in [5.74, 6) is 1.26. The van der Waals surface area contributed by atoms with Crippen LogP contribution in [-0.4, -0.2) is 69.3 Å². The van der Waals surface area contributed by atoms with Crippen molar-refractivity contribution >= 4 is 35.2 Å². The molecule has 2 aliphatic heterocycles. The van der Waals surface area contributed by atoms with Gasteiger partial charge in [-0.15, -0.1) is 0 Å². The summed E-state index contributed by atoms with van der Waals surface area (Å²) in [5.41, 5.74) is 2.15. The highest BCUT2D eigenvalue weighted by molar-refractivity contribution is 6.30. The van der Waals surface area contributed by atoms with E-state index in [9.17, 15) is 9.59 Å². The zero-order valence-corrected chi connectivity index (χ0v) is 22.0. The van der Waals surface area contributed by atoms with Gasteiger partial charge in [-0.05, 0) is 58.2 Å². The third kappa shape index (κ3) is 5.69. The highest BCUT2D eigenvalue weighted by Crippen LogP contribution is 2.32. The summed E-state index contributed by atoms with van der Waals surface area (Å²) >= 11 is 6.06. The first kappa shape index (κ1) is 25.2. The van der Waals surface area contributed by atoms with Crippen LogP contribution in [0.25, 0.3) is 0 Å². The smallest absolute Gasteiger partial charge is 0.273 e. The van der Waals surface area contributed by atoms with Gasteiger partial charge in [-0.2, -0.15) is 4.98 Å². The van der Waals surface area contributed by atoms with E-state index in [4.69, 9.17) is 21.6 Å². The van der Waals surface area contributed by atoms with Gasteiger partial charge in [0.15, 0.2) is 0 Å². The molecule has 2 aliphatic rings. The lowest BCUT2D eigenvalue weighted by Crippen LogP contribution is -2.36. The first-order valence-electron chi connectivity index (χ1n) is 12.3. The molecule has 8 nitrogen and oxygen atoms in total. The summed E-state index contributed by atoms with van der Waals surface area (Å²) in [5, 5.41) is 4.34. The van der Waals surface area contributed by atoms with E-state index in [1.54, 1.807) is 6.92 Å². The van der Waals surface area contributed by atoms with Gasteiger partial charge in [0, 0.05) is 55.3 Å². The van der Waals surface area contributed by atoms with E-state index in [0.29, 0.717) is 42.1 Å². The largest absolute Gasteiger partial charge is 0.364 e. The zero-order valence-electron chi connectivity index (χ0n) is 21.3. The van der Waals surface area contributed by atoms with Crippen LogP contribution in [0.2, 0.25) is 5.02 Å². The van der Waals surface area contributed by atoms with Gasteiger partial charge in [0.25, 0.3) is 5.91 Å². The number of fused-ring (bicyclic) bond motifs is 1. The predicted molar refractivity (Wildman–Crippen MR) is 139 cm³/mol. The first-order valence-corrected chi connectivity index (χ1v) is 12.7. The maximum absolute atomic E-state index is 13.2. The van der Waals surface area contributed by atoms with Crippen molar-refractivity contribution in [2.75, 3.05) is 36.4 Å². The molecule has 0 saturated carbocycles. The van der Waals surface area contributed by atoms with E-state index in [-0.39, 0.29) is 23.4 Å². The number of carbonyl (C=O) groups is 2. The molecule has 0 atom stereocenters. The Balaban J connectivity index is 1.66. The lowest BCUT2D eigenvalue weighted by molar-refractivity contribution is -0.128. The first-order chi connectivity index (χ1) is 16.5. The summed E-state index contributed by atoms with van der Waals surface area (Å²) in [7, 11) is 0. The van der Waals surface area contributed by atoms with Crippen LogP contribution in [0, 0.1) is 0 Å². The second kappa shape index (κ2) is 10.0. The molecule has 35 heavy (non-hydrogen) atoms. The minimum Gasteiger partial charge on any atom is -0.364 e. The number of aromatic nitrogens is 2. The Morgan fingerprint density at radius 1 is 1.11 bits per heavy atom. The molecule has 1 aromatic heterocycles. The number of hydrogen-bond acceptors (Lipinski definition) is 6. The number of nitrogens with one attached hydrogen (secondary N) is 1. The quantitative estimate of drug-likeness (QED) is 0.648. The molecule has 9 heteroatoms. The fourth-order valence-corrected chi connectivity index (χ4v) is 4.87. The molecule has 0 unspecified atom stereocenters. The Bertz CT molecular complexity index is 1100. The van der Waals surface area contributed by atoms with Crippen LogP contribution in [0.3, 0.4) is 0 Å². The molecule has 0 aliphatic carbocycles. The lowest BCUT2D eigenvalue weighted by atomic mass is 9.94. The molecule has 0 spiro atoms. The van der Waals surface area contributed by atoms with Gasteiger partial charge >= 0.3 is 0 Å². The molecule has 1 saturated heterocycles. The second-order valence-electron chi connectivity index (χ2n) is 10.4. The average molecular weight is 499 g/mol. The Labute approximate surface area is 212 Å². The fraction of sp³-hybridized carbons (Fsp3) is 0.538. The van der Waals surface area contributed by atoms with E-state index in [2.05, 4.69) is 24.1 Å². The molecule has 1 fully saturated rings. The Morgan fingerprint density at radius 2 is 1.83 bits per heavy atom. The number of amides is 2. The Kier molecular flexibility index (Phi) is 7.22. The van der Waals surface area contributed by atoms with E-state index >= 15 is 0 Å². The van der Waals surface area contributed by atoms with Crippen LogP contribution in [0.4, 0.5) is 11.8 Å². The second-order valence-corrected chi connectivity index (χ2v) is 10.8. The highest BCUT2D eigenvalue weighted by Gasteiger charge is 2.36. The molecule has 3 heterocycles. The molecule has 2 aromatic rings. The Hall–Kier alpha value is -2.87. The number of halogens is 1. The summed E-state index contributed by atoms with van der Waals surface area (Å²) < 4.78 is 0. The van der Waals surface area contributed by atoms with Crippen molar-refractivity contribution in [2.24, 2.45) is 0 Å². The third-order valence-corrected chi connectivity index (χ3v) is 6.90. The van der Waals surface area contributed by atoms with E-state index in [1.165, 1.54) is 0 Å². The van der Waals surface area contributed by atoms with Gasteiger partial charge in [0.1, 0.15) is 11.5 Å². The van der Waals surface area contributed by atoms with E-state index in [1.807, 2.05) is 47.9 Å². The van der Waals surface area contributed by atoms with Crippen LogP contribution in [0.15, 0.2) is 24.3 Å². The number of nitrogens with zero attached hydrogens (tertiary/aromatic N) is 5. The molecule has 0 radical (unpaired) electrons. The number of rotatable bonds is 6. The summed E-state index contributed by atoms with van der Waals surface area (Å²) in [4.78, 5) is 40.6. The topological polar surface area (TPSA) is 81.7 Å². The van der Waals surface area contributed by atoms with Crippen LogP contribution in [-0.2, 0) is 17.8 Å². The van der Waals surface area contributed by atoms with Crippen molar-refractivity contribution < 1.29 is 9.59 Å². The van der Waals surface area contributed by atoms with Crippen molar-refractivity contribution in [3.63, 3.8) is 0 Å². The predicted octanol–water partition coefficient (Wildman–Crippen LogP) is 3.99. The van der Waals surface area contributed by atoms with Crippen LogP contribution < -0.4 is 10.2 Å². The third-order valence-electron chi connectivity index (χ3n) is 6.65. The summed E-state index contributed by atoms with van der Waals surface area (Å²) in [6, 6.07) is 7.93. The Morgan fingerprint density at radius 3 is 2.49 bits per heavy atom. The SMILES string of the molecule is CC(=O)N1CCCN(c2nc(NC(C)(C)Cc3ccc(Cl)cc3)c3c(n2)C(=O)N(C(C)C)C3)CC1. The maximum atomic E-state index is 13.2. The fourth-order valence-electron chi connectivity index (χ4n) is 4.75. The summed E-state index contributed by atoms with van der Waals surface area (Å²) in [6.45, 7) is 13.1. The van der Waals surface area contributed by atoms with Gasteiger partial charge in [0.2, 0.25) is 11.9 Å². The van der Waals surface area contributed by atoms with Crippen molar-refractivity contribution in [1.29, 1.82) is 0 Å². The number of benzene rings is 1. The van der Waals surface area contributed by atoms with Gasteiger partial charge in [0.05, 0.1) is 6.54 Å². The normalized spacial score (nSPS) is 16.5. The maximum Gasteiger partial charge on any atom is 0.273 e. The average Bonchev–Trinajstić information content (AvgIpc) is 2.96. The molecular weight excluding hydrogens is 464 g/mol. The molecule has 188 valence electrons. The molecular formula is C26H35ClN6O2. The monoisotopic (exact) mass is 498 g/mol. The minimum absolute atomic E-state index is 0.0580. The minimum atomic E-state index is -0.328. The molecule has 1 aromatic carbocycles. The van der Waals surface area contributed by atoms with Gasteiger partial charge in [-0.1, -0.05) is 23.7 Å². The molecule has 4 rings (SSSR count). The van der Waals surface area contributed by atoms with Gasteiger partial charge in [-0.25, -0.2) is 4.98 Å². The van der Waals surface area contributed by atoms with Crippen molar-refractivity contribution in [3.8, 4) is 0 Å². The lowest BCUT2D eigenvalue weighted by Gasteiger charge is -2.29. The summed E-state index contributed by atoms with van der Waals surface area (Å²) in [6.07, 6.45) is 1.59. The van der Waals surface area contributed by atoms with E-state index in [0.717, 1.165) is 37.1 Å². The highest BCUT2D eigenvalue weighted by atomic mass is 35.5. The van der Waals surface area contributed by atoms with Crippen molar-refractivity contribution in [3.05, 3.63) is 46.1 Å². The van der Waals surface area contributed by atoms with Crippen molar-refractivity contribution in [2.45, 2.75) is 65.6 Å². The standard InChI is InChI=1S/C26H35ClN6O2/c1-17(2)33-16-21-22(24(33)35)28-25(32-12-6-11-31(13-14-32)18(3)34)29-23(21)30-26(4,5)15-19-7-9-20(27)10-8-19/h7-10,17H,6,11-16H2,1-5H3,(H,28,29,30). The number of anilines is 2. The van der Waals surface area contributed by atoms with Crippen LogP contribution in [0.5, 0.6) is 0 Å². The molecule has 1 N–H and O–H groups in total. The van der Waals surface area contributed by atoms with Gasteiger partial charge in [-0.3, -0.25) is 9.59 Å². The van der Waals surface area contributed by atoms with Crippen LogP contribution >= 0.6 is 11.6 Å². The van der Waals surface area contributed by atoms with Gasteiger partial charge < -0.3 is 20.0 Å². The van der Waals surface area contributed by atoms with Crippen molar-refractivity contribution in [1.82, 2.24) is 19.8 Å². The number of hydrogen-bond donors (Lipinski definition) is 1. The number of carbonyl (C=O) groups excluding carboxylic acids is 2. The zero-order chi connectivity index (χ0) is 25.3. The molecule has 0 bridgehead atoms. The van der Waals surface area contributed by atoms with E-state index < -0.39 is 0 Å². The van der Waals surface area contributed by atoms with Crippen LogP contribution in [0.1, 0.15) is 62.7 Å². The molecule has 2 amide bonds.